The van der Waals surface area contributed by atoms with Crippen molar-refractivity contribution in [3.63, 3.8) is 0 Å². The average molecular weight is 424 g/mol. The lowest BCUT2D eigenvalue weighted by Crippen LogP contribution is -2.29. The number of benzene rings is 1. The standard InChI is InChI=1S/C20H29N5O3.ClH/c1-3-27-10-11-28-19-12-15(2)4-5-16(19)13-22-20(26)18-14-25(24-23-18)17-6-8-21-9-7-17;/h4-5,12,14,17,21H,3,6-11,13H2,1-2H3,(H,22,26);1H. The number of nitrogens with zero attached hydrogens (tertiary/aromatic N) is 3. The third-order valence-electron chi connectivity index (χ3n) is 4.78. The quantitative estimate of drug-likeness (QED) is 0.601. The van der Waals surface area contributed by atoms with Gasteiger partial charge in [0.2, 0.25) is 0 Å². The van der Waals surface area contributed by atoms with Crippen molar-refractivity contribution in [1.29, 1.82) is 0 Å². The summed E-state index contributed by atoms with van der Waals surface area (Å²) in [5.41, 5.74) is 2.36. The Morgan fingerprint density at radius 1 is 1.31 bits per heavy atom. The fourth-order valence-electron chi connectivity index (χ4n) is 3.19. The number of rotatable bonds is 9. The predicted octanol–water partition coefficient (Wildman–Crippen LogP) is 2.28. The van der Waals surface area contributed by atoms with E-state index in [4.69, 9.17) is 9.47 Å². The highest BCUT2D eigenvalue weighted by Crippen LogP contribution is 2.21. The van der Waals surface area contributed by atoms with E-state index in [0.717, 1.165) is 42.8 Å². The Kier molecular flexibility index (Phi) is 9.37. The van der Waals surface area contributed by atoms with Crippen molar-refractivity contribution in [2.75, 3.05) is 32.9 Å². The van der Waals surface area contributed by atoms with Crippen LogP contribution in [0.5, 0.6) is 5.75 Å². The van der Waals surface area contributed by atoms with Gasteiger partial charge in [-0.25, -0.2) is 4.68 Å². The number of halogens is 1. The monoisotopic (exact) mass is 423 g/mol. The summed E-state index contributed by atoms with van der Waals surface area (Å²) in [6, 6.07) is 6.25. The van der Waals surface area contributed by atoms with E-state index in [9.17, 15) is 4.79 Å². The highest BCUT2D eigenvalue weighted by molar-refractivity contribution is 5.91. The maximum Gasteiger partial charge on any atom is 0.273 e. The first kappa shape index (κ1) is 23.1. The summed E-state index contributed by atoms with van der Waals surface area (Å²) in [6.45, 7) is 7.93. The lowest BCUT2D eigenvalue weighted by Gasteiger charge is -2.22. The van der Waals surface area contributed by atoms with E-state index in [0.29, 0.717) is 38.1 Å². The Hall–Kier alpha value is -2.16. The number of aromatic nitrogens is 3. The molecule has 1 aromatic heterocycles. The van der Waals surface area contributed by atoms with Crippen LogP contribution in [0.1, 0.15) is 47.4 Å². The van der Waals surface area contributed by atoms with Crippen LogP contribution in [0.4, 0.5) is 0 Å². The van der Waals surface area contributed by atoms with Gasteiger partial charge in [-0.05, 0) is 51.4 Å². The molecule has 0 aliphatic carbocycles. The Labute approximate surface area is 177 Å². The molecule has 0 radical (unpaired) electrons. The van der Waals surface area contributed by atoms with E-state index in [2.05, 4.69) is 20.9 Å². The number of hydrogen-bond donors (Lipinski definition) is 2. The zero-order valence-corrected chi connectivity index (χ0v) is 17.8. The van der Waals surface area contributed by atoms with Crippen LogP contribution in [0.2, 0.25) is 0 Å². The van der Waals surface area contributed by atoms with Gasteiger partial charge in [0.1, 0.15) is 12.4 Å². The molecule has 0 spiro atoms. The molecular weight excluding hydrogens is 394 g/mol. The first-order valence-electron chi connectivity index (χ1n) is 9.88. The van der Waals surface area contributed by atoms with Gasteiger partial charge in [-0.2, -0.15) is 0 Å². The van der Waals surface area contributed by atoms with Crippen LogP contribution < -0.4 is 15.4 Å². The molecule has 1 amide bonds. The fraction of sp³-hybridized carbons (Fsp3) is 0.550. The Balaban J connectivity index is 0.00000300. The number of hydrogen-bond acceptors (Lipinski definition) is 6. The van der Waals surface area contributed by atoms with Gasteiger partial charge in [-0.15, -0.1) is 17.5 Å². The summed E-state index contributed by atoms with van der Waals surface area (Å²) in [7, 11) is 0. The van der Waals surface area contributed by atoms with Gasteiger partial charge >= 0.3 is 0 Å². The summed E-state index contributed by atoms with van der Waals surface area (Å²) >= 11 is 0. The van der Waals surface area contributed by atoms with Gasteiger partial charge in [0, 0.05) is 18.7 Å². The molecule has 3 rings (SSSR count). The average Bonchev–Trinajstić information content (AvgIpc) is 3.21. The van der Waals surface area contributed by atoms with E-state index in [-0.39, 0.29) is 18.3 Å². The number of aryl methyl sites for hydroxylation is 1. The zero-order valence-electron chi connectivity index (χ0n) is 17.0. The third kappa shape index (κ3) is 6.69. The third-order valence-corrected chi connectivity index (χ3v) is 4.78. The molecule has 0 saturated carbocycles. The van der Waals surface area contributed by atoms with Gasteiger partial charge in [-0.1, -0.05) is 17.3 Å². The van der Waals surface area contributed by atoms with Crippen molar-refractivity contribution in [3.8, 4) is 5.75 Å². The van der Waals surface area contributed by atoms with E-state index >= 15 is 0 Å². The number of ether oxygens (including phenoxy) is 2. The van der Waals surface area contributed by atoms with Gasteiger partial charge in [0.25, 0.3) is 5.91 Å². The zero-order chi connectivity index (χ0) is 19.8. The van der Waals surface area contributed by atoms with Crippen molar-refractivity contribution in [2.45, 2.75) is 39.3 Å². The van der Waals surface area contributed by atoms with Crippen LogP contribution >= 0.6 is 12.4 Å². The Bertz CT molecular complexity index is 777. The normalized spacial score (nSPS) is 14.3. The lowest BCUT2D eigenvalue weighted by atomic mass is 10.1. The summed E-state index contributed by atoms with van der Waals surface area (Å²) in [4.78, 5) is 12.5. The molecule has 0 atom stereocenters. The number of carbonyl (C=O) groups is 1. The van der Waals surface area contributed by atoms with Crippen molar-refractivity contribution < 1.29 is 14.3 Å². The molecular formula is C20H30ClN5O3. The minimum absolute atomic E-state index is 0. The molecule has 8 nitrogen and oxygen atoms in total. The molecule has 2 N–H and O–H groups in total. The molecule has 0 bridgehead atoms. The summed E-state index contributed by atoms with van der Waals surface area (Å²) in [6.07, 6.45) is 3.73. The van der Waals surface area contributed by atoms with Crippen LogP contribution in [0, 0.1) is 6.92 Å². The van der Waals surface area contributed by atoms with Gasteiger partial charge in [0.05, 0.1) is 18.8 Å². The molecule has 29 heavy (non-hydrogen) atoms. The van der Waals surface area contributed by atoms with E-state index in [1.807, 2.05) is 36.7 Å². The summed E-state index contributed by atoms with van der Waals surface area (Å²) in [5.74, 6) is 0.527. The SMILES string of the molecule is CCOCCOc1cc(C)ccc1CNC(=O)c1cn(C2CCNCC2)nn1.Cl. The minimum atomic E-state index is -0.235. The van der Waals surface area contributed by atoms with Crippen molar-refractivity contribution in [2.24, 2.45) is 0 Å². The summed E-state index contributed by atoms with van der Waals surface area (Å²) < 4.78 is 13.0. The number of amides is 1. The largest absolute Gasteiger partial charge is 0.491 e. The molecule has 1 aliphatic rings. The summed E-state index contributed by atoms with van der Waals surface area (Å²) in [5, 5.41) is 14.4. The number of piperidine rings is 1. The minimum Gasteiger partial charge on any atom is -0.491 e. The molecule has 2 heterocycles. The van der Waals surface area contributed by atoms with Crippen LogP contribution in [-0.2, 0) is 11.3 Å². The Morgan fingerprint density at radius 3 is 2.86 bits per heavy atom. The first-order valence-corrected chi connectivity index (χ1v) is 9.88. The van der Waals surface area contributed by atoms with Crippen molar-refractivity contribution in [3.05, 3.63) is 41.2 Å². The number of nitrogens with one attached hydrogen (secondary N) is 2. The molecule has 1 aromatic carbocycles. The second-order valence-electron chi connectivity index (χ2n) is 6.90. The molecule has 1 aliphatic heterocycles. The van der Waals surface area contributed by atoms with Crippen LogP contribution in [-0.4, -0.2) is 53.8 Å². The molecule has 160 valence electrons. The van der Waals surface area contributed by atoms with Crippen molar-refractivity contribution in [1.82, 2.24) is 25.6 Å². The van der Waals surface area contributed by atoms with Crippen LogP contribution in [0.15, 0.2) is 24.4 Å². The van der Waals surface area contributed by atoms with E-state index in [1.54, 1.807) is 6.20 Å². The van der Waals surface area contributed by atoms with Crippen LogP contribution in [0.3, 0.4) is 0 Å². The van der Waals surface area contributed by atoms with Gasteiger partial charge < -0.3 is 20.1 Å². The fourth-order valence-corrected chi connectivity index (χ4v) is 3.19. The molecule has 9 heteroatoms. The van der Waals surface area contributed by atoms with Gasteiger partial charge in [0.15, 0.2) is 5.69 Å². The molecule has 2 aromatic rings. The first-order chi connectivity index (χ1) is 13.7. The van der Waals surface area contributed by atoms with Gasteiger partial charge in [-0.3, -0.25) is 4.79 Å². The molecule has 0 unspecified atom stereocenters. The Morgan fingerprint density at radius 2 is 2.10 bits per heavy atom. The lowest BCUT2D eigenvalue weighted by molar-refractivity contribution is 0.0944. The molecule has 1 saturated heterocycles. The van der Waals surface area contributed by atoms with E-state index in [1.165, 1.54) is 0 Å². The maximum atomic E-state index is 12.5. The van der Waals surface area contributed by atoms with Crippen molar-refractivity contribution >= 4 is 18.3 Å². The topological polar surface area (TPSA) is 90.3 Å². The number of carbonyl (C=O) groups excluding carboxylic acids is 1. The second-order valence-corrected chi connectivity index (χ2v) is 6.90. The second kappa shape index (κ2) is 11.7. The highest BCUT2D eigenvalue weighted by Gasteiger charge is 2.19. The molecule has 1 fully saturated rings. The smallest absolute Gasteiger partial charge is 0.273 e. The predicted molar refractivity (Wildman–Crippen MR) is 113 cm³/mol. The van der Waals surface area contributed by atoms with E-state index < -0.39 is 0 Å². The van der Waals surface area contributed by atoms with Crippen LogP contribution in [0.25, 0.3) is 0 Å². The highest BCUT2D eigenvalue weighted by atomic mass is 35.5. The maximum absolute atomic E-state index is 12.5.